The van der Waals surface area contributed by atoms with Crippen molar-refractivity contribution in [3.8, 4) is 5.75 Å². The first kappa shape index (κ1) is 13.1. The van der Waals surface area contributed by atoms with E-state index in [0.717, 1.165) is 12.0 Å². The van der Waals surface area contributed by atoms with Crippen LogP contribution in [0.5, 0.6) is 5.75 Å². The topological polar surface area (TPSA) is 71.2 Å². The molecule has 0 radical (unpaired) electrons. The summed E-state index contributed by atoms with van der Waals surface area (Å²) < 4.78 is 4.96. The molecule has 3 rings (SSSR count). The van der Waals surface area contributed by atoms with Crippen molar-refractivity contribution in [2.45, 2.75) is 45.7 Å². The lowest BCUT2D eigenvalue weighted by Gasteiger charge is -2.14. The van der Waals surface area contributed by atoms with Gasteiger partial charge in [-0.2, -0.15) is 4.98 Å². The molecule has 2 atom stereocenters. The maximum absolute atomic E-state index is 10.2. The lowest BCUT2D eigenvalue weighted by molar-refractivity contribution is 0.382. The SMILES string of the molecule is Cc1nc(CNC2CC(C)c3c(C)ccc(O)c32)no1. The maximum atomic E-state index is 10.2. The molecule has 0 saturated heterocycles. The number of nitrogens with zero attached hydrogens (tertiary/aromatic N) is 2. The fourth-order valence-electron chi connectivity index (χ4n) is 3.16. The van der Waals surface area contributed by atoms with Crippen LogP contribution in [-0.2, 0) is 6.54 Å². The Bertz CT molecular complexity index is 636. The first-order chi connectivity index (χ1) is 9.56. The van der Waals surface area contributed by atoms with E-state index in [4.69, 9.17) is 4.52 Å². The van der Waals surface area contributed by atoms with Gasteiger partial charge in [0.15, 0.2) is 5.82 Å². The second-order valence-electron chi connectivity index (χ2n) is 5.53. The molecule has 2 aromatic rings. The number of hydrogen-bond donors (Lipinski definition) is 2. The summed E-state index contributed by atoms with van der Waals surface area (Å²) in [6.45, 7) is 6.62. The van der Waals surface area contributed by atoms with E-state index in [0.29, 0.717) is 29.9 Å². The Kier molecular flexibility index (Phi) is 3.22. The Labute approximate surface area is 118 Å². The number of aromatic nitrogens is 2. The van der Waals surface area contributed by atoms with Crippen LogP contribution in [0.3, 0.4) is 0 Å². The molecule has 2 unspecified atom stereocenters. The first-order valence-electron chi connectivity index (χ1n) is 6.91. The lowest BCUT2D eigenvalue weighted by atomic mass is 9.97. The van der Waals surface area contributed by atoms with Crippen LogP contribution < -0.4 is 5.32 Å². The minimum Gasteiger partial charge on any atom is -0.508 e. The molecule has 0 saturated carbocycles. The Hall–Kier alpha value is -1.88. The number of hydrogen-bond acceptors (Lipinski definition) is 5. The summed E-state index contributed by atoms with van der Waals surface area (Å²) in [5.41, 5.74) is 3.54. The second kappa shape index (κ2) is 4.90. The lowest BCUT2D eigenvalue weighted by Crippen LogP contribution is -2.19. The van der Waals surface area contributed by atoms with Gasteiger partial charge in [-0.05, 0) is 36.5 Å². The average Bonchev–Trinajstić information content (AvgIpc) is 2.96. The van der Waals surface area contributed by atoms with Gasteiger partial charge in [0.2, 0.25) is 5.89 Å². The summed E-state index contributed by atoms with van der Waals surface area (Å²) in [5, 5.41) is 17.5. The zero-order chi connectivity index (χ0) is 14.3. The normalized spacial score (nSPS) is 21.1. The smallest absolute Gasteiger partial charge is 0.223 e. The van der Waals surface area contributed by atoms with E-state index >= 15 is 0 Å². The Morgan fingerprint density at radius 3 is 2.85 bits per heavy atom. The van der Waals surface area contributed by atoms with Gasteiger partial charge >= 0.3 is 0 Å². The van der Waals surface area contributed by atoms with Crippen molar-refractivity contribution in [2.24, 2.45) is 0 Å². The van der Waals surface area contributed by atoms with Crippen molar-refractivity contribution >= 4 is 0 Å². The fraction of sp³-hybridized carbons (Fsp3) is 0.467. The quantitative estimate of drug-likeness (QED) is 0.899. The zero-order valence-corrected chi connectivity index (χ0v) is 12.0. The largest absolute Gasteiger partial charge is 0.508 e. The second-order valence-corrected chi connectivity index (χ2v) is 5.53. The van der Waals surface area contributed by atoms with Gasteiger partial charge < -0.3 is 14.9 Å². The van der Waals surface area contributed by atoms with E-state index in [9.17, 15) is 5.11 Å². The highest BCUT2D eigenvalue weighted by Crippen LogP contribution is 2.45. The zero-order valence-electron chi connectivity index (χ0n) is 12.0. The summed E-state index contributed by atoms with van der Waals surface area (Å²) >= 11 is 0. The van der Waals surface area contributed by atoms with Crippen LogP contribution in [-0.4, -0.2) is 15.2 Å². The molecule has 0 spiro atoms. The van der Waals surface area contributed by atoms with Gasteiger partial charge in [0.1, 0.15) is 5.75 Å². The number of aryl methyl sites for hydroxylation is 2. The van der Waals surface area contributed by atoms with Crippen LogP contribution in [0.25, 0.3) is 0 Å². The van der Waals surface area contributed by atoms with Gasteiger partial charge in [-0.1, -0.05) is 18.1 Å². The number of rotatable bonds is 3. The molecular weight excluding hydrogens is 254 g/mol. The van der Waals surface area contributed by atoms with Crippen molar-refractivity contribution in [1.29, 1.82) is 0 Å². The van der Waals surface area contributed by atoms with E-state index in [-0.39, 0.29) is 6.04 Å². The van der Waals surface area contributed by atoms with E-state index in [1.165, 1.54) is 11.1 Å². The van der Waals surface area contributed by atoms with Gasteiger partial charge in [-0.15, -0.1) is 0 Å². The summed E-state index contributed by atoms with van der Waals surface area (Å²) in [6, 6.07) is 3.90. The predicted molar refractivity (Wildman–Crippen MR) is 74.5 cm³/mol. The summed E-state index contributed by atoms with van der Waals surface area (Å²) in [7, 11) is 0. The molecule has 1 aromatic heterocycles. The van der Waals surface area contributed by atoms with Crippen LogP contribution in [0.4, 0.5) is 0 Å². The molecule has 106 valence electrons. The third kappa shape index (κ3) is 2.18. The number of fused-ring (bicyclic) bond motifs is 1. The molecule has 0 fully saturated rings. The van der Waals surface area contributed by atoms with E-state index < -0.39 is 0 Å². The van der Waals surface area contributed by atoms with E-state index in [2.05, 4.69) is 29.3 Å². The molecule has 0 aliphatic heterocycles. The Balaban J connectivity index is 1.82. The van der Waals surface area contributed by atoms with Crippen molar-refractivity contribution < 1.29 is 9.63 Å². The average molecular weight is 273 g/mol. The number of phenolic OH excluding ortho intramolecular Hbond substituents is 1. The van der Waals surface area contributed by atoms with Crippen LogP contribution in [0, 0.1) is 13.8 Å². The third-order valence-electron chi connectivity index (χ3n) is 3.99. The summed E-state index contributed by atoms with van der Waals surface area (Å²) in [6.07, 6.45) is 0.977. The van der Waals surface area contributed by atoms with Crippen molar-refractivity contribution in [2.75, 3.05) is 0 Å². The summed E-state index contributed by atoms with van der Waals surface area (Å²) in [4.78, 5) is 4.18. The molecule has 5 nitrogen and oxygen atoms in total. The molecule has 1 aromatic carbocycles. The molecule has 5 heteroatoms. The molecule has 0 amide bonds. The number of benzene rings is 1. The highest BCUT2D eigenvalue weighted by molar-refractivity contribution is 5.50. The highest BCUT2D eigenvalue weighted by Gasteiger charge is 2.31. The first-order valence-corrected chi connectivity index (χ1v) is 6.91. The van der Waals surface area contributed by atoms with Crippen molar-refractivity contribution in [3.05, 3.63) is 40.5 Å². The third-order valence-corrected chi connectivity index (χ3v) is 3.99. The molecule has 20 heavy (non-hydrogen) atoms. The number of aromatic hydroxyl groups is 1. The molecule has 0 bridgehead atoms. The molecule has 1 aliphatic rings. The fourth-order valence-corrected chi connectivity index (χ4v) is 3.16. The van der Waals surface area contributed by atoms with Gasteiger partial charge in [0.05, 0.1) is 6.54 Å². The van der Waals surface area contributed by atoms with E-state index in [1.807, 2.05) is 6.07 Å². The molecular formula is C15H19N3O2. The monoisotopic (exact) mass is 273 g/mol. The standard InChI is InChI=1S/C15H19N3O2/c1-8-4-5-12(19)15-11(6-9(2)14(8)15)16-7-13-17-10(3)20-18-13/h4-5,9,11,16,19H,6-7H2,1-3H3. The Morgan fingerprint density at radius 2 is 2.15 bits per heavy atom. The van der Waals surface area contributed by atoms with Gasteiger partial charge in [-0.25, -0.2) is 0 Å². The molecule has 1 aliphatic carbocycles. The van der Waals surface area contributed by atoms with Crippen LogP contribution >= 0.6 is 0 Å². The minimum absolute atomic E-state index is 0.138. The van der Waals surface area contributed by atoms with Gasteiger partial charge in [0, 0.05) is 18.5 Å². The van der Waals surface area contributed by atoms with Crippen LogP contribution in [0.2, 0.25) is 0 Å². The number of phenols is 1. The number of nitrogens with one attached hydrogen (secondary N) is 1. The van der Waals surface area contributed by atoms with Crippen LogP contribution in [0.1, 0.15) is 53.7 Å². The maximum Gasteiger partial charge on any atom is 0.223 e. The molecule has 1 heterocycles. The molecule has 2 N–H and O–H groups in total. The van der Waals surface area contributed by atoms with Gasteiger partial charge in [0.25, 0.3) is 0 Å². The van der Waals surface area contributed by atoms with Crippen molar-refractivity contribution in [1.82, 2.24) is 15.5 Å². The minimum atomic E-state index is 0.138. The highest BCUT2D eigenvalue weighted by atomic mass is 16.5. The predicted octanol–water partition coefficient (Wildman–Crippen LogP) is 2.73. The van der Waals surface area contributed by atoms with Gasteiger partial charge in [-0.3, -0.25) is 0 Å². The Morgan fingerprint density at radius 1 is 1.35 bits per heavy atom. The summed E-state index contributed by atoms with van der Waals surface area (Å²) in [5.74, 6) is 2.04. The van der Waals surface area contributed by atoms with Crippen molar-refractivity contribution in [3.63, 3.8) is 0 Å². The van der Waals surface area contributed by atoms with Crippen LogP contribution in [0.15, 0.2) is 16.7 Å². The van der Waals surface area contributed by atoms with E-state index in [1.54, 1.807) is 13.0 Å².